The number of Topliss-reactive ketones (excluding diaryl/α,β-unsaturated/α-hetero) is 1. The summed E-state index contributed by atoms with van der Waals surface area (Å²) in [6.45, 7) is 2.63. The zero-order chi connectivity index (χ0) is 25.8. The number of amides is 1. The zero-order valence-electron chi connectivity index (χ0n) is 19.6. The third kappa shape index (κ3) is 4.93. The lowest BCUT2D eigenvalue weighted by Crippen LogP contribution is -2.30. The van der Waals surface area contributed by atoms with Crippen molar-refractivity contribution < 1.29 is 33.3 Å². The summed E-state index contributed by atoms with van der Waals surface area (Å²) >= 11 is 0. The van der Waals surface area contributed by atoms with E-state index in [0.29, 0.717) is 12.4 Å². The smallest absolute Gasteiger partial charge is 0.300 e. The molecule has 0 aliphatic carbocycles. The van der Waals surface area contributed by atoms with Crippen LogP contribution in [0.1, 0.15) is 43.4 Å². The molecule has 1 saturated heterocycles. The van der Waals surface area contributed by atoms with Crippen molar-refractivity contribution >= 4 is 23.1 Å². The molecule has 36 heavy (non-hydrogen) atoms. The van der Waals surface area contributed by atoms with Gasteiger partial charge in [0.25, 0.3) is 11.7 Å². The first-order chi connectivity index (χ1) is 17.3. The molecule has 1 fully saturated rings. The van der Waals surface area contributed by atoms with Crippen molar-refractivity contribution in [2.45, 2.75) is 32.2 Å². The molecule has 3 aromatic carbocycles. The minimum atomic E-state index is -1.31. The van der Waals surface area contributed by atoms with Crippen molar-refractivity contribution in [3.8, 4) is 11.5 Å². The number of carbonyl (C=O) groups excluding carboxylic acids is 2. The van der Waals surface area contributed by atoms with Crippen LogP contribution in [0.4, 0.5) is 14.5 Å². The summed E-state index contributed by atoms with van der Waals surface area (Å²) in [5.41, 5.74) is -0.305. The van der Waals surface area contributed by atoms with Gasteiger partial charge in [-0.2, -0.15) is 0 Å². The molecule has 6 nitrogen and oxygen atoms in total. The number of nitrogens with zero attached hydrogens (tertiary/aromatic N) is 1. The maximum atomic E-state index is 14.7. The van der Waals surface area contributed by atoms with Crippen molar-refractivity contribution in [1.29, 1.82) is 0 Å². The Morgan fingerprint density at radius 1 is 1.00 bits per heavy atom. The number of ketones is 1. The van der Waals surface area contributed by atoms with E-state index in [1.165, 1.54) is 24.3 Å². The molecular formula is C28H25F2NO5. The van der Waals surface area contributed by atoms with Gasteiger partial charge in [-0.25, -0.2) is 8.78 Å². The topological polar surface area (TPSA) is 87.1 Å². The van der Waals surface area contributed by atoms with Gasteiger partial charge in [-0.15, -0.1) is 0 Å². The fraction of sp³-hybridized carbons (Fsp3) is 0.214. The lowest BCUT2D eigenvalue weighted by molar-refractivity contribution is -0.132. The van der Waals surface area contributed by atoms with Gasteiger partial charge in [0.05, 0.1) is 23.9 Å². The number of carbonyl (C=O) groups is 2. The Bertz CT molecular complexity index is 1320. The number of unbranched alkanes of at least 4 members (excludes halogenated alkanes) is 2. The van der Waals surface area contributed by atoms with Gasteiger partial charge in [-0.1, -0.05) is 31.9 Å². The standard InChI is InChI=1S/C28H25F2NO5/c1-2-3-4-14-36-21-11-8-17(9-12-21)26(33)24-25(18-6-5-7-20(32)15-18)31(28(35)27(24)34)23-16-19(29)10-13-22(23)30/h5-13,15-16,25,32-33H,2-4,14H2,1H3/b26-24+. The van der Waals surface area contributed by atoms with Gasteiger partial charge in [0.2, 0.25) is 0 Å². The molecule has 1 heterocycles. The van der Waals surface area contributed by atoms with Gasteiger partial charge in [0.15, 0.2) is 0 Å². The van der Waals surface area contributed by atoms with E-state index in [1.807, 2.05) is 0 Å². The van der Waals surface area contributed by atoms with Crippen molar-refractivity contribution in [2.24, 2.45) is 0 Å². The number of aliphatic hydroxyl groups excluding tert-OH is 1. The maximum Gasteiger partial charge on any atom is 0.300 e. The maximum absolute atomic E-state index is 14.7. The van der Waals surface area contributed by atoms with E-state index in [9.17, 15) is 28.6 Å². The molecule has 4 rings (SSSR count). The average molecular weight is 494 g/mol. The summed E-state index contributed by atoms with van der Waals surface area (Å²) < 4.78 is 34.4. The summed E-state index contributed by atoms with van der Waals surface area (Å²) in [7, 11) is 0. The molecule has 8 heteroatoms. The Morgan fingerprint density at radius 2 is 1.75 bits per heavy atom. The van der Waals surface area contributed by atoms with E-state index in [2.05, 4.69) is 6.92 Å². The average Bonchev–Trinajstić information content (AvgIpc) is 3.13. The zero-order valence-corrected chi connectivity index (χ0v) is 19.6. The Balaban J connectivity index is 1.79. The molecular weight excluding hydrogens is 468 g/mol. The SMILES string of the molecule is CCCCCOc1ccc(/C(O)=C2\C(=O)C(=O)N(c3cc(F)ccc3F)C2c2cccc(O)c2)cc1. The van der Waals surface area contributed by atoms with Crippen LogP contribution in [0.25, 0.3) is 5.76 Å². The van der Waals surface area contributed by atoms with Crippen molar-refractivity contribution in [3.05, 3.63) is 95.1 Å². The number of hydrogen-bond donors (Lipinski definition) is 2. The van der Waals surface area contributed by atoms with Crippen LogP contribution in [0.3, 0.4) is 0 Å². The predicted octanol–water partition coefficient (Wildman–Crippen LogP) is 5.87. The predicted molar refractivity (Wildman–Crippen MR) is 131 cm³/mol. The first kappa shape index (κ1) is 24.9. The summed E-state index contributed by atoms with van der Waals surface area (Å²) in [5, 5.41) is 21.2. The van der Waals surface area contributed by atoms with Crippen molar-refractivity contribution in [2.75, 3.05) is 11.5 Å². The first-order valence-corrected chi connectivity index (χ1v) is 11.6. The van der Waals surface area contributed by atoms with Crippen LogP contribution in [0.5, 0.6) is 11.5 Å². The van der Waals surface area contributed by atoms with E-state index in [-0.39, 0.29) is 22.4 Å². The molecule has 1 unspecified atom stereocenters. The van der Waals surface area contributed by atoms with Gasteiger partial charge in [-0.05, 0) is 60.5 Å². The molecule has 1 amide bonds. The highest BCUT2D eigenvalue weighted by atomic mass is 19.1. The molecule has 0 aromatic heterocycles. The van der Waals surface area contributed by atoms with E-state index in [1.54, 1.807) is 24.3 Å². The first-order valence-electron chi connectivity index (χ1n) is 11.6. The lowest BCUT2D eigenvalue weighted by Gasteiger charge is -2.26. The highest BCUT2D eigenvalue weighted by Crippen LogP contribution is 2.43. The number of anilines is 1. The number of aliphatic hydroxyl groups is 1. The van der Waals surface area contributed by atoms with Crippen LogP contribution in [0.2, 0.25) is 0 Å². The quantitative estimate of drug-likeness (QED) is 0.178. The lowest BCUT2D eigenvalue weighted by atomic mass is 9.95. The molecule has 0 saturated carbocycles. The number of hydrogen-bond acceptors (Lipinski definition) is 5. The normalized spacial score (nSPS) is 17.0. The molecule has 0 spiro atoms. The molecule has 186 valence electrons. The largest absolute Gasteiger partial charge is 0.508 e. The van der Waals surface area contributed by atoms with Crippen LogP contribution in [-0.2, 0) is 9.59 Å². The monoisotopic (exact) mass is 493 g/mol. The van der Waals surface area contributed by atoms with Gasteiger partial charge < -0.3 is 14.9 Å². The number of rotatable bonds is 8. The minimum Gasteiger partial charge on any atom is -0.508 e. The van der Waals surface area contributed by atoms with Gasteiger partial charge in [-0.3, -0.25) is 14.5 Å². The fourth-order valence-electron chi connectivity index (χ4n) is 4.17. The van der Waals surface area contributed by atoms with Gasteiger partial charge in [0.1, 0.15) is 28.9 Å². The van der Waals surface area contributed by atoms with Gasteiger partial charge in [0, 0.05) is 11.6 Å². The highest BCUT2D eigenvalue weighted by Gasteiger charge is 2.48. The van der Waals surface area contributed by atoms with E-state index in [0.717, 1.165) is 42.4 Å². The van der Waals surface area contributed by atoms with Crippen molar-refractivity contribution in [1.82, 2.24) is 0 Å². The Labute approximate surface area is 207 Å². The van der Waals surface area contributed by atoms with Crippen LogP contribution in [-0.4, -0.2) is 28.5 Å². The second kappa shape index (κ2) is 10.6. The highest BCUT2D eigenvalue weighted by molar-refractivity contribution is 6.51. The number of phenols is 1. The Morgan fingerprint density at radius 3 is 2.44 bits per heavy atom. The van der Waals surface area contributed by atoms with Crippen LogP contribution in [0.15, 0.2) is 72.3 Å². The number of aromatic hydroxyl groups is 1. The Kier molecular flexibility index (Phi) is 7.33. The molecule has 0 radical (unpaired) electrons. The van der Waals surface area contributed by atoms with Crippen LogP contribution in [0, 0.1) is 11.6 Å². The fourth-order valence-corrected chi connectivity index (χ4v) is 4.17. The van der Waals surface area contributed by atoms with Crippen LogP contribution < -0.4 is 9.64 Å². The molecule has 0 bridgehead atoms. The van der Waals surface area contributed by atoms with Crippen molar-refractivity contribution in [3.63, 3.8) is 0 Å². The second-order valence-corrected chi connectivity index (χ2v) is 8.44. The third-order valence-corrected chi connectivity index (χ3v) is 5.94. The van der Waals surface area contributed by atoms with Gasteiger partial charge >= 0.3 is 0 Å². The number of benzene rings is 3. The summed E-state index contributed by atoms with van der Waals surface area (Å²) in [6.07, 6.45) is 3.01. The summed E-state index contributed by atoms with van der Waals surface area (Å²) in [6, 6.07) is 13.3. The van der Waals surface area contributed by atoms with E-state index >= 15 is 0 Å². The summed E-state index contributed by atoms with van der Waals surface area (Å²) in [4.78, 5) is 27.0. The second-order valence-electron chi connectivity index (χ2n) is 8.44. The van der Waals surface area contributed by atoms with E-state index < -0.39 is 40.8 Å². The number of halogens is 2. The molecule has 2 N–H and O–H groups in total. The van der Waals surface area contributed by atoms with E-state index in [4.69, 9.17) is 4.74 Å². The third-order valence-electron chi connectivity index (χ3n) is 5.94. The minimum absolute atomic E-state index is 0.164. The summed E-state index contributed by atoms with van der Waals surface area (Å²) in [5.74, 6) is -4.00. The molecule has 3 aromatic rings. The number of phenolic OH excluding ortho intramolecular Hbond substituents is 1. The molecule has 1 aliphatic rings. The molecule has 1 atom stereocenters. The van der Waals surface area contributed by atoms with Crippen LogP contribution >= 0.6 is 0 Å². The number of ether oxygens (including phenoxy) is 1. The Hall–Kier alpha value is -4.20. The molecule has 1 aliphatic heterocycles.